The smallest absolute Gasteiger partial charge is 0.303 e. The molecule has 0 bridgehead atoms. The van der Waals surface area contributed by atoms with E-state index >= 15 is 0 Å². The molecule has 1 saturated heterocycles. The molecule has 1 aliphatic rings. The quantitative estimate of drug-likeness (QED) is 0.583. The van der Waals surface area contributed by atoms with E-state index in [2.05, 4.69) is 10.6 Å². The van der Waals surface area contributed by atoms with Crippen molar-refractivity contribution in [2.75, 3.05) is 13.1 Å². The van der Waals surface area contributed by atoms with Gasteiger partial charge in [-0.1, -0.05) is 0 Å². The second-order valence-corrected chi connectivity index (χ2v) is 3.49. The molecule has 1 heterocycles. The van der Waals surface area contributed by atoms with Gasteiger partial charge in [0.25, 0.3) is 0 Å². The van der Waals surface area contributed by atoms with E-state index < -0.39 is 5.97 Å². The molecule has 3 N–H and O–H groups in total. The average molecular weight is 200 g/mol. The van der Waals surface area contributed by atoms with Crippen LogP contribution in [0.15, 0.2) is 0 Å². The molecule has 1 rings (SSSR count). The molecule has 80 valence electrons. The molecule has 1 amide bonds. The highest BCUT2D eigenvalue weighted by atomic mass is 16.4. The van der Waals surface area contributed by atoms with Gasteiger partial charge in [0.05, 0.1) is 6.42 Å². The summed E-state index contributed by atoms with van der Waals surface area (Å²) in [5, 5.41) is 14.4. The number of rotatable bonds is 4. The average Bonchev–Trinajstić information content (AvgIpc) is 2.16. The van der Waals surface area contributed by atoms with Crippen LogP contribution in [-0.4, -0.2) is 36.1 Å². The van der Waals surface area contributed by atoms with Gasteiger partial charge in [-0.05, 0) is 25.9 Å². The number of carbonyl (C=O) groups is 2. The molecule has 0 aromatic rings. The summed E-state index contributed by atoms with van der Waals surface area (Å²) < 4.78 is 0. The lowest BCUT2D eigenvalue weighted by Gasteiger charge is -2.23. The van der Waals surface area contributed by atoms with Gasteiger partial charge < -0.3 is 15.7 Å². The Labute approximate surface area is 82.9 Å². The number of amides is 1. The molecule has 5 heteroatoms. The Kier molecular flexibility index (Phi) is 4.39. The first kappa shape index (κ1) is 11.0. The molecule has 0 unspecified atom stereocenters. The molecule has 0 aliphatic carbocycles. The van der Waals surface area contributed by atoms with Crippen molar-refractivity contribution in [3.05, 3.63) is 0 Å². The second-order valence-electron chi connectivity index (χ2n) is 3.49. The van der Waals surface area contributed by atoms with Crippen molar-refractivity contribution >= 4 is 11.9 Å². The van der Waals surface area contributed by atoms with Crippen LogP contribution in [0.5, 0.6) is 0 Å². The van der Waals surface area contributed by atoms with Gasteiger partial charge in [0.15, 0.2) is 0 Å². The third-order valence-corrected chi connectivity index (χ3v) is 2.27. The SMILES string of the molecule is O=C(O)CCC(=O)NC1CCNCC1. The molecule has 0 atom stereocenters. The van der Waals surface area contributed by atoms with E-state index in [0.717, 1.165) is 25.9 Å². The van der Waals surface area contributed by atoms with Crippen molar-refractivity contribution in [3.63, 3.8) is 0 Å². The number of hydrogen-bond donors (Lipinski definition) is 3. The largest absolute Gasteiger partial charge is 0.481 e. The Morgan fingerprint density at radius 1 is 1.29 bits per heavy atom. The number of carbonyl (C=O) groups excluding carboxylic acids is 1. The predicted molar refractivity (Wildman–Crippen MR) is 50.9 cm³/mol. The lowest BCUT2D eigenvalue weighted by atomic mass is 10.1. The zero-order valence-electron chi connectivity index (χ0n) is 8.08. The molecule has 14 heavy (non-hydrogen) atoms. The minimum Gasteiger partial charge on any atom is -0.481 e. The van der Waals surface area contributed by atoms with Crippen molar-refractivity contribution in [1.29, 1.82) is 0 Å². The van der Waals surface area contributed by atoms with Gasteiger partial charge in [-0.15, -0.1) is 0 Å². The van der Waals surface area contributed by atoms with Crippen molar-refractivity contribution in [3.8, 4) is 0 Å². The van der Waals surface area contributed by atoms with Gasteiger partial charge in [-0.25, -0.2) is 0 Å². The van der Waals surface area contributed by atoms with E-state index in [1.807, 2.05) is 0 Å². The maximum Gasteiger partial charge on any atom is 0.303 e. The predicted octanol–water partition coefficient (Wildman–Crippen LogP) is -0.281. The summed E-state index contributed by atoms with van der Waals surface area (Å²) in [7, 11) is 0. The van der Waals surface area contributed by atoms with Crippen LogP contribution >= 0.6 is 0 Å². The number of carboxylic acids is 1. The summed E-state index contributed by atoms with van der Waals surface area (Å²) in [5.74, 6) is -1.08. The molecule has 0 radical (unpaired) electrons. The highest BCUT2D eigenvalue weighted by Crippen LogP contribution is 2.02. The van der Waals surface area contributed by atoms with Crippen LogP contribution in [0.4, 0.5) is 0 Å². The minimum atomic E-state index is -0.925. The first-order valence-corrected chi connectivity index (χ1v) is 4.90. The molecule has 5 nitrogen and oxygen atoms in total. The fraction of sp³-hybridized carbons (Fsp3) is 0.778. The lowest BCUT2D eigenvalue weighted by molar-refractivity contribution is -0.139. The van der Waals surface area contributed by atoms with Crippen LogP contribution in [0.25, 0.3) is 0 Å². The van der Waals surface area contributed by atoms with Crippen LogP contribution in [0.2, 0.25) is 0 Å². The van der Waals surface area contributed by atoms with E-state index in [9.17, 15) is 9.59 Å². The molecular formula is C9H16N2O3. The van der Waals surface area contributed by atoms with Gasteiger partial charge in [0, 0.05) is 12.5 Å². The van der Waals surface area contributed by atoms with Crippen LogP contribution in [0.1, 0.15) is 25.7 Å². The number of piperidine rings is 1. The second kappa shape index (κ2) is 5.59. The molecule has 0 saturated carbocycles. The third-order valence-electron chi connectivity index (χ3n) is 2.27. The summed E-state index contributed by atoms with van der Waals surface area (Å²) in [6, 6.07) is 0.220. The monoisotopic (exact) mass is 200 g/mol. The van der Waals surface area contributed by atoms with E-state index in [1.165, 1.54) is 0 Å². The van der Waals surface area contributed by atoms with Crippen LogP contribution < -0.4 is 10.6 Å². The van der Waals surface area contributed by atoms with Gasteiger partial charge in [-0.2, -0.15) is 0 Å². The minimum absolute atomic E-state index is 0.0826. The fourth-order valence-electron chi connectivity index (χ4n) is 1.49. The molecule has 1 aliphatic heterocycles. The molecule has 0 spiro atoms. The van der Waals surface area contributed by atoms with E-state index in [-0.39, 0.29) is 24.8 Å². The fourth-order valence-corrected chi connectivity index (χ4v) is 1.49. The number of hydrogen-bond acceptors (Lipinski definition) is 3. The summed E-state index contributed by atoms with van der Waals surface area (Å²) in [4.78, 5) is 21.4. The first-order valence-electron chi connectivity index (χ1n) is 4.90. The van der Waals surface area contributed by atoms with Crippen LogP contribution in [0, 0.1) is 0 Å². The summed E-state index contributed by atoms with van der Waals surface area (Å²) in [5.41, 5.74) is 0. The molecule has 0 aromatic carbocycles. The Balaban J connectivity index is 2.15. The van der Waals surface area contributed by atoms with Gasteiger partial charge >= 0.3 is 5.97 Å². The summed E-state index contributed by atoms with van der Waals surface area (Å²) in [6.45, 7) is 1.84. The van der Waals surface area contributed by atoms with E-state index in [4.69, 9.17) is 5.11 Å². The summed E-state index contributed by atoms with van der Waals surface area (Å²) in [6.07, 6.45) is 1.85. The zero-order valence-corrected chi connectivity index (χ0v) is 8.08. The highest BCUT2D eigenvalue weighted by Gasteiger charge is 2.15. The van der Waals surface area contributed by atoms with E-state index in [1.54, 1.807) is 0 Å². The standard InChI is InChI=1S/C9H16N2O3/c12-8(1-2-9(13)14)11-7-3-5-10-6-4-7/h7,10H,1-6H2,(H,11,12)(H,13,14). The molecule has 1 fully saturated rings. The first-order chi connectivity index (χ1) is 6.68. The Morgan fingerprint density at radius 3 is 2.50 bits per heavy atom. The highest BCUT2D eigenvalue weighted by molar-refractivity contribution is 5.80. The maximum atomic E-state index is 11.2. The van der Waals surface area contributed by atoms with E-state index in [0.29, 0.717) is 0 Å². The molecule has 0 aromatic heterocycles. The number of nitrogens with one attached hydrogen (secondary N) is 2. The van der Waals surface area contributed by atoms with Gasteiger partial charge in [0.2, 0.25) is 5.91 Å². The third kappa shape index (κ3) is 4.23. The van der Waals surface area contributed by atoms with Gasteiger partial charge in [0.1, 0.15) is 0 Å². The lowest BCUT2D eigenvalue weighted by Crippen LogP contribution is -2.42. The van der Waals surface area contributed by atoms with Crippen LogP contribution in [0.3, 0.4) is 0 Å². The zero-order chi connectivity index (χ0) is 10.4. The summed E-state index contributed by atoms with van der Waals surface area (Å²) >= 11 is 0. The Bertz CT molecular complexity index is 212. The van der Waals surface area contributed by atoms with Crippen molar-refractivity contribution < 1.29 is 14.7 Å². The van der Waals surface area contributed by atoms with Crippen molar-refractivity contribution in [1.82, 2.24) is 10.6 Å². The maximum absolute atomic E-state index is 11.2. The Morgan fingerprint density at radius 2 is 1.93 bits per heavy atom. The Hall–Kier alpha value is -1.10. The number of carboxylic acid groups (broad SMARTS) is 1. The van der Waals surface area contributed by atoms with Crippen LogP contribution in [-0.2, 0) is 9.59 Å². The molecular weight excluding hydrogens is 184 g/mol. The number of aliphatic carboxylic acids is 1. The van der Waals surface area contributed by atoms with Gasteiger partial charge in [-0.3, -0.25) is 9.59 Å². The van der Waals surface area contributed by atoms with Crippen molar-refractivity contribution in [2.24, 2.45) is 0 Å². The van der Waals surface area contributed by atoms with Crippen molar-refractivity contribution in [2.45, 2.75) is 31.7 Å². The normalized spacial score (nSPS) is 17.7. The topological polar surface area (TPSA) is 78.4 Å².